The largest absolute Gasteiger partial charge is 0.353 e. The Bertz CT molecular complexity index is 913. The van der Waals surface area contributed by atoms with Crippen LogP contribution in [0.15, 0.2) is 35.6 Å². The maximum atomic E-state index is 13.4. The van der Waals surface area contributed by atoms with Crippen LogP contribution in [0.25, 0.3) is 0 Å². The van der Waals surface area contributed by atoms with Crippen molar-refractivity contribution in [2.75, 3.05) is 31.1 Å². The second-order valence-corrected chi connectivity index (χ2v) is 10.0. The van der Waals surface area contributed by atoms with Gasteiger partial charge in [0.05, 0.1) is 11.1 Å². The fourth-order valence-corrected chi connectivity index (χ4v) is 5.03. The quantitative estimate of drug-likeness (QED) is 0.809. The molecule has 0 bridgehead atoms. The van der Waals surface area contributed by atoms with Crippen LogP contribution < -0.4 is 4.90 Å². The van der Waals surface area contributed by atoms with E-state index in [1.165, 1.54) is 0 Å². The van der Waals surface area contributed by atoms with Crippen LogP contribution >= 0.6 is 0 Å². The smallest absolute Gasteiger partial charge is 0.243 e. The molecule has 3 rings (SSSR count). The van der Waals surface area contributed by atoms with Gasteiger partial charge in [0.2, 0.25) is 10.0 Å². The molecule has 1 aliphatic heterocycles. The molecule has 0 amide bonds. The van der Waals surface area contributed by atoms with Crippen molar-refractivity contribution < 1.29 is 8.42 Å². The van der Waals surface area contributed by atoms with Gasteiger partial charge in [-0.15, -0.1) is 0 Å². The molecule has 2 aromatic rings. The lowest BCUT2D eigenvalue weighted by molar-refractivity contribution is 0.383. The SMILES string of the molecule is Cc1cc(C(C)(C)C)cc(S(=O)(=O)N2CCN(c3cnccn3)CC2)c1C. The number of piperazine rings is 1. The number of nitrogens with zero attached hydrogens (tertiary/aromatic N) is 4. The Balaban J connectivity index is 1.87. The zero-order chi connectivity index (χ0) is 19.8. The molecule has 7 heteroatoms. The van der Waals surface area contributed by atoms with Crippen molar-refractivity contribution in [3.05, 3.63) is 47.4 Å². The summed E-state index contributed by atoms with van der Waals surface area (Å²) in [5.41, 5.74) is 2.79. The highest BCUT2D eigenvalue weighted by molar-refractivity contribution is 7.89. The standard InChI is InChI=1S/C20H28N4O2S/c1-15-12-17(20(3,4)5)13-18(16(15)2)27(25,26)24-10-8-23(9-11-24)19-14-21-6-7-22-19/h6-7,12-14H,8-11H2,1-5H3. The molecule has 1 aliphatic rings. The first-order valence-corrected chi connectivity index (χ1v) is 10.7. The summed E-state index contributed by atoms with van der Waals surface area (Å²) in [7, 11) is -3.53. The minimum absolute atomic E-state index is 0.104. The van der Waals surface area contributed by atoms with Crippen LogP contribution in [-0.2, 0) is 15.4 Å². The van der Waals surface area contributed by atoms with E-state index < -0.39 is 10.0 Å². The van der Waals surface area contributed by atoms with E-state index in [-0.39, 0.29) is 5.41 Å². The highest BCUT2D eigenvalue weighted by atomic mass is 32.2. The summed E-state index contributed by atoms with van der Waals surface area (Å²) >= 11 is 0. The molecule has 1 aromatic heterocycles. The summed E-state index contributed by atoms with van der Waals surface area (Å²) in [6.45, 7) is 12.3. The Hall–Kier alpha value is -1.99. The Morgan fingerprint density at radius 2 is 1.67 bits per heavy atom. The van der Waals surface area contributed by atoms with Crippen LogP contribution in [0.1, 0.15) is 37.5 Å². The molecule has 146 valence electrons. The number of anilines is 1. The molecule has 0 unspecified atom stereocenters. The van der Waals surface area contributed by atoms with Gasteiger partial charge in [-0.25, -0.2) is 13.4 Å². The van der Waals surface area contributed by atoms with Gasteiger partial charge in [0, 0.05) is 38.6 Å². The minimum atomic E-state index is -3.53. The number of rotatable bonds is 3. The van der Waals surface area contributed by atoms with E-state index in [9.17, 15) is 8.42 Å². The van der Waals surface area contributed by atoms with Crippen molar-refractivity contribution >= 4 is 15.8 Å². The van der Waals surface area contributed by atoms with E-state index in [1.807, 2.05) is 19.9 Å². The first-order valence-electron chi connectivity index (χ1n) is 9.23. The van der Waals surface area contributed by atoms with Crippen LogP contribution in [0.2, 0.25) is 0 Å². The van der Waals surface area contributed by atoms with Crippen molar-refractivity contribution in [3.63, 3.8) is 0 Å². The van der Waals surface area contributed by atoms with E-state index in [4.69, 9.17) is 0 Å². The van der Waals surface area contributed by atoms with E-state index >= 15 is 0 Å². The van der Waals surface area contributed by atoms with Gasteiger partial charge in [-0.05, 0) is 42.0 Å². The fourth-order valence-electron chi connectivity index (χ4n) is 3.28. The Morgan fingerprint density at radius 1 is 1.00 bits per heavy atom. The van der Waals surface area contributed by atoms with Crippen molar-refractivity contribution in [3.8, 4) is 0 Å². The molecule has 0 radical (unpaired) electrons. The van der Waals surface area contributed by atoms with Gasteiger partial charge in [-0.2, -0.15) is 4.31 Å². The molecule has 1 aromatic carbocycles. The summed E-state index contributed by atoms with van der Waals surface area (Å²) in [6.07, 6.45) is 5.00. The Kier molecular flexibility index (Phi) is 5.27. The molecular formula is C20H28N4O2S. The van der Waals surface area contributed by atoms with Crippen LogP contribution in [0.3, 0.4) is 0 Å². The summed E-state index contributed by atoms with van der Waals surface area (Å²) < 4.78 is 28.3. The number of aryl methyl sites for hydroxylation is 1. The Labute approximate surface area is 162 Å². The number of aromatic nitrogens is 2. The van der Waals surface area contributed by atoms with Gasteiger partial charge < -0.3 is 4.90 Å². The average Bonchev–Trinajstić information content (AvgIpc) is 2.63. The molecule has 2 heterocycles. The molecule has 0 spiro atoms. The lowest BCUT2D eigenvalue weighted by Gasteiger charge is -2.35. The Morgan fingerprint density at radius 3 is 2.22 bits per heavy atom. The first kappa shape index (κ1) is 19.8. The third-order valence-corrected chi connectivity index (χ3v) is 7.24. The van der Waals surface area contributed by atoms with Gasteiger partial charge >= 0.3 is 0 Å². The van der Waals surface area contributed by atoms with Crippen LogP contribution in [0, 0.1) is 13.8 Å². The summed E-state index contributed by atoms with van der Waals surface area (Å²) in [4.78, 5) is 10.9. The van der Waals surface area contributed by atoms with E-state index in [0.29, 0.717) is 31.1 Å². The van der Waals surface area contributed by atoms with E-state index in [1.54, 1.807) is 22.9 Å². The van der Waals surface area contributed by atoms with Crippen molar-refractivity contribution in [2.45, 2.75) is 44.9 Å². The number of hydrogen-bond donors (Lipinski definition) is 0. The average molecular weight is 389 g/mol. The van der Waals surface area contributed by atoms with Gasteiger partial charge in [-0.1, -0.05) is 26.8 Å². The number of hydrogen-bond acceptors (Lipinski definition) is 5. The van der Waals surface area contributed by atoms with E-state index in [2.05, 4.69) is 41.7 Å². The molecule has 27 heavy (non-hydrogen) atoms. The normalized spacial score (nSPS) is 16.6. The predicted molar refractivity (Wildman–Crippen MR) is 108 cm³/mol. The van der Waals surface area contributed by atoms with Crippen molar-refractivity contribution in [2.24, 2.45) is 0 Å². The topological polar surface area (TPSA) is 66.4 Å². The monoisotopic (exact) mass is 388 g/mol. The second kappa shape index (κ2) is 7.20. The highest BCUT2D eigenvalue weighted by Gasteiger charge is 2.31. The zero-order valence-electron chi connectivity index (χ0n) is 16.7. The second-order valence-electron chi connectivity index (χ2n) is 8.12. The summed E-state index contributed by atoms with van der Waals surface area (Å²) in [6, 6.07) is 3.95. The predicted octanol–water partition coefficient (Wildman–Crippen LogP) is 2.90. The molecule has 1 saturated heterocycles. The minimum Gasteiger partial charge on any atom is -0.353 e. The molecule has 1 fully saturated rings. The zero-order valence-corrected chi connectivity index (χ0v) is 17.5. The third kappa shape index (κ3) is 3.99. The molecule has 0 N–H and O–H groups in total. The summed E-state index contributed by atoms with van der Waals surface area (Å²) in [5, 5.41) is 0. The lowest BCUT2D eigenvalue weighted by Crippen LogP contribution is -2.49. The fraction of sp³-hybridized carbons (Fsp3) is 0.500. The van der Waals surface area contributed by atoms with E-state index in [0.717, 1.165) is 22.5 Å². The van der Waals surface area contributed by atoms with Crippen molar-refractivity contribution in [1.29, 1.82) is 0 Å². The van der Waals surface area contributed by atoms with Crippen LogP contribution in [0.5, 0.6) is 0 Å². The maximum Gasteiger partial charge on any atom is 0.243 e. The van der Waals surface area contributed by atoms with Gasteiger partial charge in [0.15, 0.2) is 0 Å². The lowest BCUT2D eigenvalue weighted by atomic mass is 9.85. The van der Waals surface area contributed by atoms with Gasteiger partial charge in [0.1, 0.15) is 5.82 Å². The van der Waals surface area contributed by atoms with Crippen molar-refractivity contribution in [1.82, 2.24) is 14.3 Å². The van der Waals surface area contributed by atoms with Crippen LogP contribution in [0.4, 0.5) is 5.82 Å². The molecular weight excluding hydrogens is 360 g/mol. The maximum absolute atomic E-state index is 13.4. The van der Waals surface area contributed by atoms with Gasteiger partial charge in [-0.3, -0.25) is 4.98 Å². The number of benzene rings is 1. The molecule has 6 nitrogen and oxygen atoms in total. The first-order chi connectivity index (χ1) is 12.6. The molecule has 0 atom stereocenters. The molecule has 0 saturated carbocycles. The third-order valence-electron chi connectivity index (χ3n) is 5.22. The molecule has 0 aliphatic carbocycles. The van der Waals surface area contributed by atoms with Crippen LogP contribution in [-0.4, -0.2) is 48.9 Å². The highest BCUT2D eigenvalue weighted by Crippen LogP contribution is 2.31. The van der Waals surface area contributed by atoms with Gasteiger partial charge in [0.25, 0.3) is 0 Å². The number of sulfonamides is 1. The summed E-state index contributed by atoms with van der Waals surface area (Å²) in [5.74, 6) is 0.788.